The molecule has 1 aromatic rings. The van der Waals surface area contributed by atoms with E-state index in [1.165, 1.54) is 0 Å². The zero-order valence-electron chi connectivity index (χ0n) is 8.05. The summed E-state index contributed by atoms with van der Waals surface area (Å²) < 4.78 is 61.7. The third-order valence-corrected chi connectivity index (χ3v) is 1.90. The summed E-state index contributed by atoms with van der Waals surface area (Å²) in [6.07, 6.45) is -8.28. The Morgan fingerprint density at radius 1 is 1.06 bits per heavy atom. The summed E-state index contributed by atoms with van der Waals surface area (Å²) in [6.45, 7) is 0. The molecule has 0 heterocycles. The minimum Gasteiger partial charge on any atom is -0.478 e. The minimum absolute atomic E-state index is 0.686. The number of aromatic carboxylic acids is 1. The number of halogens is 5. The molecular formula is C10H5F5O2. The number of rotatable bonds is 2. The van der Waals surface area contributed by atoms with E-state index in [2.05, 4.69) is 0 Å². The van der Waals surface area contributed by atoms with Crippen molar-refractivity contribution in [3.8, 4) is 0 Å². The number of hydrogen-bond donors (Lipinski definition) is 1. The predicted molar refractivity (Wildman–Crippen MR) is 48.6 cm³/mol. The molecule has 1 rings (SSSR count). The Balaban J connectivity index is 3.52. The predicted octanol–water partition coefficient (Wildman–Crippen LogP) is 3.55. The van der Waals surface area contributed by atoms with E-state index in [9.17, 15) is 26.7 Å². The molecule has 17 heavy (non-hydrogen) atoms. The van der Waals surface area contributed by atoms with E-state index in [0.717, 1.165) is 18.2 Å². The Morgan fingerprint density at radius 3 is 1.88 bits per heavy atom. The van der Waals surface area contributed by atoms with Gasteiger partial charge in [0.2, 0.25) is 0 Å². The van der Waals surface area contributed by atoms with Crippen LogP contribution in [-0.2, 0) is 0 Å². The maximum Gasteiger partial charge on any atom is 0.422 e. The van der Waals surface area contributed by atoms with Gasteiger partial charge >= 0.3 is 12.1 Å². The number of benzene rings is 1. The lowest BCUT2D eigenvalue weighted by atomic mass is 10.0. The fraction of sp³-hybridized carbons (Fsp3) is 0.100. The van der Waals surface area contributed by atoms with Crippen molar-refractivity contribution in [1.82, 2.24) is 0 Å². The topological polar surface area (TPSA) is 37.3 Å². The highest BCUT2D eigenvalue weighted by molar-refractivity contribution is 5.94. The van der Waals surface area contributed by atoms with Gasteiger partial charge in [-0.25, -0.2) is 4.79 Å². The molecular weight excluding hydrogens is 247 g/mol. The first kappa shape index (κ1) is 13.1. The molecule has 0 aliphatic heterocycles. The second-order valence-electron chi connectivity index (χ2n) is 2.98. The Bertz CT molecular complexity index is 472. The average Bonchev–Trinajstić information content (AvgIpc) is 2.15. The van der Waals surface area contributed by atoms with Gasteiger partial charge < -0.3 is 5.11 Å². The minimum atomic E-state index is -5.32. The van der Waals surface area contributed by atoms with E-state index in [1.807, 2.05) is 0 Å². The molecule has 0 saturated carbocycles. The molecule has 0 fully saturated rings. The van der Waals surface area contributed by atoms with Gasteiger partial charge in [-0.05, 0) is 6.07 Å². The van der Waals surface area contributed by atoms with Gasteiger partial charge in [-0.3, -0.25) is 0 Å². The smallest absolute Gasteiger partial charge is 0.422 e. The highest BCUT2D eigenvalue weighted by Crippen LogP contribution is 2.38. The number of allylic oxidation sites excluding steroid dienone is 1. The molecule has 0 bridgehead atoms. The van der Waals surface area contributed by atoms with Crippen LogP contribution in [0.2, 0.25) is 0 Å². The lowest BCUT2D eigenvalue weighted by Crippen LogP contribution is -2.14. The fourth-order valence-electron chi connectivity index (χ4n) is 1.25. The zero-order chi connectivity index (χ0) is 13.2. The van der Waals surface area contributed by atoms with Crippen molar-refractivity contribution in [2.24, 2.45) is 0 Å². The monoisotopic (exact) mass is 252 g/mol. The number of carboxylic acids is 1. The Kier molecular flexibility index (Phi) is 3.50. The average molecular weight is 252 g/mol. The number of carbonyl (C=O) groups is 1. The second kappa shape index (κ2) is 4.52. The third kappa shape index (κ3) is 2.80. The summed E-state index contributed by atoms with van der Waals surface area (Å²) in [6, 6.07) is 3.71. The normalized spacial score (nSPS) is 11.1. The molecule has 1 aromatic carbocycles. The van der Waals surface area contributed by atoms with Crippen molar-refractivity contribution in [2.45, 2.75) is 6.18 Å². The van der Waals surface area contributed by atoms with E-state index < -0.39 is 34.9 Å². The first-order valence-electron chi connectivity index (χ1n) is 4.20. The van der Waals surface area contributed by atoms with Crippen LogP contribution in [0, 0.1) is 0 Å². The van der Waals surface area contributed by atoms with Gasteiger partial charge in [0.15, 0.2) is 0 Å². The number of carboxylic acid groups (broad SMARTS) is 1. The summed E-state index contributed by atoms with van der Waals surface area (Å²) in [7, 11) is 0. The third-order valence-electron chi connectivity index (χ3n) is 1.90. The molecule has 0 unspecified atom stereocenters. The van der Waals surface area contributed by atoms with Gasteiger partial charge in [0, 0.05) is 5.56 Å². The molecule has 0 radical (unpaired) electrons. The number of hydrogen-bond acceptors (Lipinski definition) is 1. The molecule has 0 aliphatic rings. The van der Waals surface area contributed by atoms with Crippen molar-refractivity contribution in [1.29, 1.82) is 0 Å². The van der Waals surface area contributed by atoms with Crippen LogP contribution < -0.4 is 0 Å². The molecule has 0 amide bonds. The van der Waals surface area contributed by atoms with Crippen LogP contribution in [0.4, 0.5) is 22.0 Å². The van der Waals surface area contributed by atoms with Gasteiger partial charge in [0.25, 0.3) is 6.08 Å². The van der Waals surface area contributed by atoms with E-state index in [0.29, 0.717) is 6.07 Å². The molecule has 0 aromatic heterocycles. The molecule has 0 saturated heterocycles. The van der Waals surface area contributed by atoms with Crippen LogP contribution in [0.3, 0.4) is 0 Å². The second-order valence-corrected chi connectivity index (χ2v) is 2.98. The van der Waals surface area contributed by atoms with Crippen molar-refractivity contribution in [3.05, 3.63) is 41.5 Å². The number of alkyl halides is 3. The Morgan fingerprint density at radius 2 is 1.53 bits per heavy atom. The quantitative estimate of drug-likeness (QED) is 0.817. The molecule has 0 spiro atoms. The lowest BCUT2D eigenvalue weighted by Gasteiger charge is -2.12. The lowest BCUT2D eigenvalue weighted by molar-refractivity contribution is -0.0711. The van der Waals surface area contributed by atoms with Crippen LogP contribution in [-0.4, -0.2) is 17.3 Å². The van der Waals surface area contributed by atoms with Crippen LogP contribution in [0.15, 0.2) is 30.3 Å². The summed E-state index contributed by atoms with van der Waals surface area (Å²) >= 11 is 0. The van der Waals surface area contributed by atoms with Gasteiger partial charge in [0.05, 0.1) is 5.56 Å². The van der Waals surface area contributed by atoms with E-state index in [-0.39, 0.29) is 0 Å². The first-order chi connectivity index (χ1) is 7.75. The fourth-order valence-corrected chi connectivity index (χ4v) is 1.25. The highest BCUT2D eigenvalue weighted by Gasteiger charge is 2.40. The van der Waals surface area contributed by atoms with Gasteiger partial charge in [-0.15, -0.1) is 0 Å². The van der Waals surface area contributed by atoms with Crippen LogP contribution in [0.1, 0.15) is 15.9 Å². The zero-order valence-corrected chi connectivity index (χ0v) is 8.05. The molecule has 1 N–H and O–H groups in total. The standard InChI is InChI=1S/C10H5F5O2/c11-8(12)7(10(13,14)15)5-3-1-2-4-6(5)9(16)17/h1-4H,(H,16,17). The van der Waals surface area contributed by atoms with Crippen molar-refractivity contribution >= 4 is 11.5 Å². The summed E-state index contributed by atoms with van der Waals surface area (Å²) in [5, 5.41) is 8.63. The van der Waals surface area contributed by atoms with Crippen LogP contribution >= 0.6 is 0 Å². The van der Waals surface area contributed by atoms with E-state index in [4.69, 9.17) is 5.11 Å². The molecule has 92 valence electrons. The molecule has 0 aliphatic carbocycles. The van der Waals surface area contributed by atoms with E-state index in [1.54, 1.807) is 0 Å². The van der Waals surface area contributed by atoms with Crippen molar-refractivity contribution in [2.75, 3.05) is 0 Å². The van der Waals surface area contributed by atoms with Crippen molar-refractivity contribution < 1.29 is 31.9 Å². The van der Waals surface area contributed by atoms with Gasteiger partial charge in [0.1, 0.15) is 5.57 Å². The van der Waals surface area contributed by atoms with Crippen LogP contribution in [0.5, 0.6) is 0 Å². The maximum atomic E-state index is 12.4. The maximum absolute atomic E-state index is 12.4. The van der Waals surface area contributed by atoms with E-state index >= 15 is 0 Å². The summed E-state index contributed by atoms with van der Waals surface area (Å²) in [5.74, 6) is -1.71. The summed E-state index contributed by atoms with van der Waals surface area (Å²) in [4.78, 5) is 10.6. The largest absolute Gasteiger partial charge is 0.478 e. The van der Waals surface area contributed by atoms with Gasteiger partial charge in [-0.2, -0.15) is 22.0 Å². The van der Waals surface area contributed by atoms with Crippen LogP contribution in [0.25, 0.3) is 5.57 Å². The Hall–Kier alpha value is -1.92. The first-order valence-corrected chi connectivity index (χ1v) is 4.20. The summed E-state index contributed by atoms with van der Waals surface area (Å²) in [5.41, 5.74) is -4.10. The highest BCUT2D eigenvalue weighted by atomic mass is 19.4. The Labute approximate surface area is 92.0 Å². The molecule has 7 heteroatoms. The SMILES string of the molecule is O=C(O)c1ccccc1C(=C(F)F)C(F)(F)F. The van der Waals surface area contributed by atoms with Gasteiger partial charge in [-0.1, -0.05) is 18.2 Å². The molecule has 2 nitrogen and oxygen atoms in total. The van der Waals surface area contributed by atoms with Crippen molar-refractivity contribution in [3.63, 3.8) is 0 Å². The molecule has 0 atom stereocenters.